The van der Waals surface area contributed by atoms with Crippen LogP contribution in [0.3, 0.4) is 0 Å². The van der Waals surface area contributed by atoms with Crippen molar-refractivity contribution in [3.8, 4) is 0 Å². The Hall–Kier alpha value is -6.18. The molecular formula is C38H50N18O12. The van der Waals surface area contributed by atoms with Gasteiger partial charge in [-0.15, -0.1) is 0 Å². The zero-order valence-electron chi connectivity index (χ0n) is 36.3. The number of aliphatic hydroxyl groups is 4. The smallest absolute Gasteiger partial charge is 0.187 e. The van der Waals surface area contributed by atoms with Gasteiger partial charge in [0.15, 0.2) is 12.6 Å². The van der Waals surface area contributed by atoms with E-state index >= 15 is 0 Å². The number of rotatable bonds is 25. The van der Waals surface area contributed by atoms with Gasteiger partial charge >= 0.3 is 0 Å². The normalized spacial score (nSPS) is 31.9. The molecule has 0 aromatic heterocycles. The second kappa shape index (κ2) is 27.6. The van der Waals surface area contributed by atoms with Crippen LogP contribution in [-0.4, -0.2) is 157 Å². The van der Waals surface area contributed by atoms with Gasteiger partial charge in [0, 0.05) is 29.5 Å². The summed E-state index contributed by atoms with van der Waals surface area (Å²) in [5.41, 5.74) is 56.8. The van der Waals surface area contributed by atoms with Crippen molar-refractivity contribution >= 4 is 0 Å². The van der Waals surface area contributed by atoms with E-state index < -0.39 is 110 Å². The van der Waals surface area contributed by atoms with E-state index in [1.807, 2.05) is 48.5 Å². The Morgan fingerprint density at radius 1 is 0.603 bits per heavy atom. The molecule has 30 heteroatoms. The maximum atomic E-state index is 12.2. The monoisotopic (exact) mass is 950 g/mol. The fraction of sp³-hybridized carbons (Fsp3) is 0.684. The number of azide groups is 6. The summed E-state index contributed by atoms with van der Waals surface area (Å²) in [4.78, 5) is 16.7. The second-order valence-electron chi connectivity index (χ2n) is 15.6. The van der Waals surface area contributed by atoms with Gasteiger partial charge in [-0.2, -0.15) is 0 Å². The summed E-state index contributed by atoms with van der Waals surface area (Å²) in [5, 5.41) is 65.6. The van der Waals surface area contributed by atoms with Crippen molar-refractivity contribution in [1.82, 2.24) is 0 Å². The van der Waals surface area contributed by atoms with Gasteiger partial charge in [0.1, 0.15) is 36.6 Å². The summed E-state index contributed by atoms with van der Waals surface area (Å²) >= 11 is 0. The van der Waals surface area contributed by atoms with Crippen LogP contribution in [0.4, 0.5) is 0 Å². The molecule has 68 heavy (non-hydrogen) atoms. The third-order valence-corrected chi connectivity index (χ3v) is 11.1. The van der Waals surface area contributed by atoms with Gasteiger partial charge in [-0.1, -0.05) is 91.3 Å². The lowest BCUT2D eigenvalue weighted by molar-refractivity contribution is -0.343. The molecule has 0 radical (unpaired) electrons. The van der Waals surface area contributed by atoms with Crippen molar-refractivity contribution in [2.24, 2.45) is 30.7 Å². The maximum Gasteiger partial charge on any atom is 0.187 e. The van der Waals surface area contributed by atoms with Crippen LogP contribution >= 0.6 is 0 Å². The summed E-state index contributed by atoms with van der Waals surface area (Å²) in [5.74, 6) is 0. The van der Waals surface area contributed by atoms with Crippen molar-refractivity contribution in [3.63, 3.8) is 0 Å². The largest absolute Gasteiger partial charge is 0.391 e. The van der Waals surface area contributed by atoms with Crippen LogP contribution in [0, 0.1) is 0 Å². The molecule has 2 saturated heterocycles. The number of benzene rings is 2. The van der Waals surface area contributed by atoms with Crippen LogP contribution in [0.25, 0.3) is 62.7 Å². The molecule has 30 nitrogen and oxygen atoms in total. The van der Waals surface area contributed by atoms with E-state index in [4.69, 9.17) is 54.5 Å². The zero-order valence-corrected chi connectivity index (χ0v) is 36.3. The first-order chi connectivity index (χ1) is 33.1. The van der Waals surface area contributed by atoms with Gasteiger partial charge < -0.3 is 58.3 Å². The third kappa shape index (κ3) is 14.7. The Kier molecular flexibility index (Phi) is 21.4. The van der Waals surface area contributed by atoms with E-state index in [0.717, 1.165) is 11.1 Å². The van der Waals surface area contributed by atoms with Crippen LogP contribution < -0.4 is 0 Å². The fourth-order valence-electron chi connectivity index (χ4n) is 7.79. The molecule has 0 bridgehead atoms. The van der Waals surface area contributed by atoms with Crippen molar-refractivity contribution < 1.29 is 58.3 Å². The number of ether oxygens (including phenoxy) is 8. The summed E-state index contributed by atoms with van der Waals surface area (Å²) in [6.45, 7) is 0.129. The highest BCUT2D eigenvalue weighted by Gasteiger charge is 2.54. The Balaban J connectivity index is 1.51. The maximum absolute atomic E-state index is 12.2. The van der Waals surface area contributed by atoms with Gasteiger partial charge in [-0.3, -0.25) is 0 Å². The van der Waals surface area contributed by atoms with Crippen LogP contribution in [0.5, 0.6) is 0 Å². The lowest BCUT2D eigenvalue weighted by atomic mass is 9.84. The minimum Gasteiger partial charge on any atom is -0.391 e. The lowest BCUT2D eigenvalue weighted by Gasteiger charge is -2.49. The molecule has 0 amide bonds. The van der Waals surface area contributed by atoms with Crippen LogP contribution in [-0.2, 0) is 51.1 Å². The number of hydrogen-bond acceptors (Lipinski definition) is 18. The van der Waals surface area contributed by atoms with Crippen LogP contribution in [0.1, 0.15) is 24.5 Å². The van der Waals surface area contributed by atoms with E-state index in [9.17, 15) is 37.0 Å². The fourth-order valence-corrected chi connectivity index (χ4v) is 7.79. The van der Waals surface area contributed by atoms with Gasteiger partial charge in [0.25, 0.3) is 0 Å². The van der Waals surface area contributed by atoms with Gasteiger partial charge in [-0.05, 0) is 57.7 Å². The minimum atomic E-state index is -1.87. The molecule has 0 unspecified atom stereocenters. The number of aliphatic hydroxyl groups excluding tert-OH is 4. The quantitative estimate of drug-likeness (QED) is 0.0581. The first kappa shape index (κ1) is 52.8. The average Bonchev–Trinajstić information content (AvgIpc) is 3.34. The molecule has 2 aliphatic heterocycles. The second-order valence-corrected chi connectivity index (χ2v) is 15.6. The van der Waals surface area contributed by atoms with E-state index in [1.54, 1.807) is 19.1 Å². The molecular weight excluding hydrogens is 901 g/mol. The highest BCUT2D eigenvalue weighted by molar-refractivity contribution is 5.15. The topological polar surface area (TPSA) is 447 Å². The van der Waals surface area contributed by atoms with E-state index in [1.165, 1.54) is 0 Å². The highest BCUT2D eigenvalue weighted by Crippen LogP contribution is 2.37. The molecule has 3 aliphatic rings. The molecule has 364 valence electrons. The molecule has 2 heterocycles. The minimum absolute atomic E-state index is 0.0202. The van der Waals surface area contributed by atoms with Crippen molar-refractivity contribution in [2.75, 3.05) is 32.8 Å². The Morgan fingerprint density at radius 3 is 1.74 bits per heavy atom. The first-order valence-corrected chi connectivity index (χ1v) is 21.1. The van der Waals surface area contributed by atoms with E-state index in [0.29, 0.717) is 0 Å². The van der Waals surface area contributed by atoms with Crippen molar-refractivity contribution in [1.29, 1.82) is 0 Å². The molecule has 17 atom stereocenters. The highest BCUT2D eigenvalue weighted by atomic mass is 16.7. The van der Waals surface area contributed by atoms with Gasteiger partial charge in [-0.25, -0.2) is 0 Å². The lowest BCUT2D eigenvalue weighted by Crippen LogP contribution is -2.65. The molecule has 3 fully saturated rings. The molecule has 5 rings (SSSR count). The Morgan fingerprint density at radius 2 is 1.16 bits per heavy atom. The summed E-state index contributed by atoms with van der Waals surface area (Å²) < 4.78 is 50.5. The zero-order chi connectivity index (χ0) is 48.8. The van der Waals surface area contributed by atoms with Crippen molar-refractivity contribution in [3.05, 3.63) is 134 Å². The molecule has 1 saturated carbocycles. The summed E-state index contributed by atoms with van der Waals surface area (Å²) in [7, 11) is 0. The Bertz CT molecular complexity index is 2190. The van der Waals surface area contributed by atoms with Crippen molar-refractivity contribution in [2.45, 2.75) is 131 Å². The van der Waals surface area contributed by atoms with E-state index in [-0.39, 0.29) is 45.9 Å². The predicted octanol–water partition coefficient (Wildman–Crippen LogP) is 4.98. The Labute approximate surface area is 386 Å². The molecule has 1 aliphatic carbocycles. The van der Waals surface area contributed by atoms with Gasteiger partial charge in [0.05, 0.1) is 101 Å². The standard InChI is InChI=1S/C38H50N18O12/c1-20-32(64-19-24(14-46-52-40)61-18-23(57)13-45-51-39)35(62-16-21-8-4-2-5-9-21)36(63-17-22-10-6-3-7-11-22)38(65-20)68-34-26(49-55-43)12-25(48-54-42)33(31(34)60)67-37-28(50-56-44)30(59)29(58)27(66-37)15-47-53-41/h2-11,20,23-38,57-60H,12-19H2,1H3/t20-,23-,24+,25+,26-,27-,28-,29-,30-,31+,32-,33-,34+,35+,36-,37-,38-/m1/s1. The molecule has 4 N–H and O–H groups in total. The van der Waals surface area contributed by atoms with Crippen LogP contribution in [0.2, 0.25) is 0 Å². The van der Waals surface area contributed by atoms with E-state index in [2.05, 4.69) is 60.2 Å². The van der Waals surface area contributed by atoms with Gasteiger partial charge in [0.2, 0.25) is 0 Å². The van der Waals surface area contributed by atoms with Crippen LogP contribution in [0.15, 0.2) is 91.3 Å². The predicted molar refractivity (Wildman–Crippen MR) is 232 cm³/mol. The molecule has 2 aromatic carbocycles. The SMILES string of the molecule is C[C@H]1O[C@H](O[C@@H]2[C@@H](O)[C@H](O[C@H]3O[C@H](CN=[N+]=[N-])[C@@H](O)[C@H](O)[C@H]3N=[N+]=[N-])[C@@H](N=[N+]=[N-])C[C@H]2N=[N+]=[N-])[C@H](OCc2ccccc2)[C@@H](OCc2ccccc2)[C@@H]1OC[C@H](CN=[N+]=[N-])OC[C@H](O)CN=[N+]=[N-]. The number of hydrogen-bond donors (Lipinski definition) is 4. The first-order valence-electron chi connectivity index (χ1n) is 21.1. The average molecular weight is 951 g/mol. The summed E-state index contributed by atoms with van der Waals surface area (Å²) in [6.07, 6.45) is -19.7. The molecule has 0 spiro atoms. The number of nitrogens with zero attached hydrogens (tertiary/aromatic N) is 18. The third-order valence-electron chi connectivity index (χ3n) is 11.1. The molecule has 2 aromatic rings. The summed E-state index contributed by atoms with van der Waals surface area (Å²) in [6, 6.07) is 14.0.